The number of aliphatic hydroxyl groups is 5. The molecule has 19 heteroatoms. The lowest BCUT2D eigenvalue weighted by atomic mass is 9.76. The Morgan fingerprint density at radius 3 is 1.70 bits per heavy atom. The highest BCUT2D eigenvalue weighted by Crippen LogP contribution is 2.54. The van der Waals surface area contributed by atoms with Crippen LogP contribution in [0.4, 0.5) is 0 Å². The largest absolute Gasteiger partial charge is 0.393 e. The van der Waals surface area contributed by atoms with E-state index in [2.05, 4.69) is 50.3 Å². The van der Waals surface area contributed by atoms with E-state index in [0.29, 0.717) is 96.5 Å². The first kappa shape index (κ1) is 57.2. The lowest BCUT2D eigenvalue weighted by Gasteiger charge is -2.55. The molecule has 19 nitrogen and oxygen atoms in total. The number of rotatable bonds is 1. The Morgan fingerprint density at radius 1 is 0.432 bits per heavy atom. The van der Waals surface area contributed by atoms with Crippen molar-refractivity contribution in [1.29, 1.82) is 0 Å². The quantitative estimate of drug-likeness (QED) is 0.225. The van der Waals surface area contributed by atoms with E-state index in [1.807, 2.05) is 20.8 Å². The minimum Gasteiger partial charge on any atom is -0.393 e. The van der Waals surface area contributed by atoms with Crippen LogP contribution >= 0.6 is 0 Å². The number of ether oxygens (including phenoxy) is 14. The van der Waals surface area contributed by atoms with Crippen molar-refractivity contribution in [2.24, 2.45) is 5.92 Å². The standard InChI is InChI=1S/C62H92O19/c1-32-21-41-45(26-47-49(73-41)28-53(66)61(5)57(77-47)30-59(3)55(79-61)16-15-54-58(2,81-59)18-19-62(67,31-63)80-54)75-50-29-56-60(4,78-51(50)22-32)52(65)27-48-37(76-56)10-7-6-9-34-35(71-48)11-8-12-36-38(69-34)13-14-39-43(70-36)25-46-44(72-39)24-40-42(74-46)23-33(64)17-20-68-40/h6-8,11,13-14,32-57,63-67H,9-10,12,15-31H2,1-5H3/b7-6-,11-8-/t32-,33+,34-,35+,36-,37+,38+,39-,40-,41+,42+,43+,44+,45-,46-,47+,48-,49-,50+,51-,52-,53+,54+,55-,56-,57-,58-,59+,60+,61+,62-/m1/s1. The Balaban J connectivity index is 0.649. The maximum atomic E-state index is 12.5. The molecule has 14 rings (SSSR count). The fourth-order valence-electron chi connectivity index (χ4n) is 17.3. The van der Waals surface area contributed by atoms with Gasteiger partial charge in [0.1, 0.15) is 29.5 Å². The van der Waals surface area contributed by atoms with Crippen molar-refractivity contribution >= 4 is 0 Å². The van der Waals surface area contributed by atoms with Crippen LogP contribution in [0.25, 0.3) is 0 Å². The molecule has 14 aliphatic rings. The Morgan fingerprint density at radius 2 is 0.951 bits per heavy atom. The van der Waals surface area contributed by atoms with Crippen LogP contribution in [0, 0.1) is 5.92 Å². The van der Waals surface area contributed by atoms with Gasteiger partial charge in [-0.1, -0.05) is 43.4 Å². The highest BCUT2D eigenvalue weighted by molar-refractivity contribution is 5.15. The molecule has 0 unspecified atom stereocenters. The summed E-state index contributed by atoms with van der Waals surface area (Å²) in [6.07, 6.45) is 13.7. The molecule has 0 aromatic rings. The molecular weight excluding hydrogens is 1050 g/mol. The fourth-order valence-corrected chi connectivity index (χ4v) is 17.3. The summed E-state index contributed by atoms with van der Waals surface area (Å²) in [5.74, 6) is -1.40. The van der Waals surface area contributed by atoms with Gasteiger partial charge in [0.2, 0.25) is 0 Å². The van der Waals surface area contributed by atoms with Crippen LogP contribution in [0.5, 0.6) is 0 Å². The zero-order chi connectivity index (χ0) is 55.8. The van der Waals surface area contributed by atoms with Crippen LogP contribution in [-0.2, 0) is 66.3 Å². The van der Waals surface area contributed by atoms with Gasteiger partial charge in [-0.05, 0) is 91.4 Å². The molecule has 11 fully saturated rings. The third kappa shape index (κ3) is 10.7. The molecule has 0 radical (unpaired) electrons. The molecule has 0 aromatic carbocycles. The van der Waals surface area contributed by atoms with Crippen molar-refractivity contribution < 1.29 is 91.8 Å². The van der Waals surface area contributed by atoms with Crippen molar-refractivity contribution in [3.05, 3.63) is 36.5 Å². The highest BCUT2D eigenvalue weighted by atomic mass is 16.7. The summed E-state index contributed by atoms with van der Waals surface area (Å²) < 4.78 is 96.8. The Hall–Kier alpha value is -1.54. The van der Waals surface area contributed by atoms with Gasteiger partial charge in [-0.15, -0.1) is 0 Å². The first-order chi connectivity index (χ1) is 38.8. The number of hydrogen-bond donors (Lipinski definition) is 5. The van der Waals surface area contributed by atoms with Crippen LogP contribution in [0.1, 0.15) is 150 Å². The van der Waals surface area contributed by atoms with Crippen LogP contribution in [0.2, 0.25) is 0 Å². The molecule has 0 spiro atoms. The van der Waals surface area contributed by atoms with Gasteiger partial charge in [0.15, 0.2) is 5.79 Å². The maximum absolute atomic E-state index is 12.5. The first-order valence-electron chi connectivity index (χ1n) is 31.5. The summed E-state index contributed by atoms with van der Waals surface area (Å²) in [4.78, 5) is 0. The van der Waals surface area contributed by atoms with Crippen LogP contribution < -0.4 is 0 Å². The van der Waals surface area contributed by atoms with Crippen molar-refractivity contribution in [2.45, 2.75) is 331 Å². The van der Waals surface area contributed by atoms with E-state index in [4.69, 9.17) is 66.3 Å². The van der Waals surface area contributed by atoms with Crippen LogP contribution in [0.3, 0.4) is 0 Å². The smallest absolute Gasteiger partial charge is 0.189 e. The second-order valence-electron chi connectivity index (χ2n) is 28.0. The van der Waals surface area contributed by atoms with E-state index in [1.165, 1.54) is 0 Å². The SMILES string of the molecule is C[C@@H]1C[C@@H]2O[C@@H]3C[C@H](O)[C@]4(C)O[C@@H]5CC[C@@H]6O[C@@](O)(CO)CC[C@@]6(C)O[C@@]5(C)C[C@H]4O[C@H]3C[C@H]2O[C@H]2C[C@H]3O[C@H]4C/C=C\C[C@H]5O[C@H]6C=C[C@H]7O[C@H]8C[C@H]9OCC[C@H](O)C[C@@H]9O[C@@H]8C[C@@H]7O[C@@H]6C/C=C\[C@@H]5O[C@@H]4C[C@@H](O)[C@]3(C)O[C@@H]2C1. The molecule has 0 amide bonds. The molecule has 31 atom stereocenters. The van der Waals surface area contributed by atoms with Crippen molar-refractivity contribution in [1.82, 2.24) is 0 Å². The molecule has 14 heterocycles. The second-order valence-corrected chi connectivity index (χ2v) is 28.0. The van der Waals surface area contributed by atoms with Gasteiger partial charge in [0.05, 0.1) is 152 Å². The average Bonchev–Trinajstić information content (AvgIpc) is 3.83. The normalized spacial score (nSPS) is 58.8. The third-order valence-corrected chi connectivity index (χ3v) is 22.2. The fraction of sp³-hybridized carbons (Fsp3) is 0.903. The molecule has 0 saturated carbocycles. The molecular formula is C62H92O19. The van der Waals surface area contributed by atoms with Gasteiger partial charge < -0.3 is 91.8 Å². The Bertz CT molecular complexity index is 2340. The Labute approximate surface area is 476 Å². The van der Waals surface area contributed by atoms with E-state index in [1.54, 1.807) is 0 Å². The monoisotopic (exact) mass is 1140 g/mol. The maximum Gasteiger partial charge on any atom is 0.189 e. The average molecular weight is 1140 g/mol. The minimum atomic E-state index is -1.61. The first-order valence-corrected chi connectivity index (χ1v) is 31.5. The van der Waals surface area contributed by atoms with Crippen LogP contribution in [0.15, 0.2) is 36.5 Å². The van der Waals surface area contributed by atoms with Gasteiger partial charge in [0, 0.05) is 64.4 Å². The predicted octanol–water partition coefficient (Wildman–Crippen LogP) is 4.64. The summed E-state index contributed by atoms with van der Waals surface area (Å²) in [5.41, 5.74) is -3.58. The lowest BCUT2D eigenvalue weighted by Crippen LogP contribution is -2.66. The summed E-state index contributed by atoms with van der Waals surface area (Å²) in [7, 11) is 0. The number of fused-ring (bicyclic) bond motifs is 13. The molecule has 454 valence electrons. The minimum absolute atomic E-state index is 0.0943. The molecule has 0 aliphatic carbocycles. The van der Waals surface area contributed by atoms with Gasteiger partial charge >= 0.3 is 0 Å². The lowest BCUT2D eigenvalue weighted by molar-refractivity contribution is -0.347. The van der Waals surface area contributed by atoms with Crippen molar-refractivity contribution in [2.75, 3.05) is 13.2 Å². The topological polar surface area (TPSA) is 230 Å². The molecule has 81 heavy (non-hydrogen) atoms. The second kappa shape index (κ2) is 21.9. The van der Waals surface area contributed by atoms with Gasteiger partial charge in [-0.25, -0.2) is 0 Å². The summed E-state index contributed by atoms with van der Waals surface area (Å²) in [6, 6.07) is 0. The van der Waals surface area contributed by atoms with Gasteiger partial charge in [-0.2, -0.15) is 0 Å². The van der Waals surface area contributed by atoms with E-state index in [-0.39, 0.29) is 110 Å². The third-order valence-electron chi connectivity index (χ3n) is 22.2. The summed E-state index contributed by atoms with van der Waals surface area (Å²) in [5, 5.41) is 56.1. The molecule has 0 aromatic heterocycles. The van der Waals surface area contributed by atoms with Crippen molar-refractivity contribution in [3.63, 3.8) is 0 Å². The molecule has 14 aliphatic heterocycles. The molecule has 5 N–H and O–H groups in total. The highest BCUT2D eigenvalue weighted by Gasteiger charge is 2.64. The van der Waals surface area contributed by atoms with Gasteiger partial charge in [0.25, 0.3) is 0 Å². The van der Waals surface area contributed by atoms with E-state index in [9.17, 15) is 25.5 Å². The zero-order valence-corrected chi connectivity index (χ0v) is 48.1. The van der Waals surface area contributed by atoms with E-state index in [0.717, 1.165) is 19.3 Å². The zero-order valence-electron chi connectivity index (χ0n) is 48.1. The van der Waals surface area contributed by atoms with E-state index < -0.39 is 89.7 Å². The van der Waals surface area contributed by atoms with Crippen LogP contribution in [-0.4, -0.2) is 220 Å². The molecule has 11 saturated heterocycles. The summed E-state index contributed by atoms with van der Waals surface area (Å²) >= 11 is 0. The van der Waals surface area contributed by atoms with Gasteiger partial charge in [-0.3, -0.25) is 0 Å². The van der Waals surface area contributed by atoms with Crippen molar-refractivity contribution in [3.8, 4) is 0 Å². The van der Waals surface area contributed by atoms with E-state index >= 15 is 0 Å². The summed E-state index contributed by atoms with van der Waals surface area (Å²) in [6.45, 7) is 10.4. The number of hydrogen-bond acceptors (Lipinski definition) is 19. The molecule has 0 bridgehead atoms. The Kier molecular flexibility index (Phi) is 15.5. The predicted molar refractivity (Wildman–Crippen MR) is 287 cm³/mol. The number of aliphatic hydroxyl groups excluding tert-OH is 4.